The Hall–Kier alpha value is -4.20. The first-order valence-corrected chi connectivity index (χ1v) is 10.4. The van der Waals surface area contributed by atoms with Gasteiger partial charge in [0.05, 0.1) is 18.9 Å². The lowest BCUT2D eigenvalue weighted by molar-refractivity contribution is -0.122. The van der Waals surface area contributed by atoms with Crippen molar-refractivity contribution in [3.63, 3.8) is 0 Å². The van der Waals surface area contributed by atoms with Gasteiger partial charge in [0, 0.05) is 5.56 Å². The summed E-state index contributed by atoms with van der Waals surface area (Å²) in [6, 6.07) is 13.2. The topological polar surface area (TPSA) is 84.9 Å². The summed E-state index contributed by atoms with van der Waals surface area (Å²) in [7, 11) is 0. The van der Waals surface area contributed by atoms with Crippen molar-refractivity contribution in [3.8, 4) is 11.5 Å². The Morgan fingerprint density at radius 2 is 1.73 bits per heavy atom. The molecule has 1 heterocycles. The summed E-state index contributed by atoms with van der Waals surface area (Å²) in [4.78, 5) is 39.0. The molecule has 1 aliphatic heterocycles. The maximum Gasteiger partial charge on any atom is 0.335 e. The zero-order valence-corrected chi connectivity index (χ0v) is 18.1. The van der Waals surface area contributed by atoms with Crippen LogP contribution in [0.15, 0.2) is 60.2 Å². The van der Waals surface area contributed by atoms with Gasteiger partial charge in [0.1, 0.15) is 22.9 Å². The lowest BCUT2D eigenvalue weighted by Gasteiger charge is -2.26. The minimum Gasteiger partial charge on any atom is -0.494 e. The van der Waals surface area contributed by atoms with Crippen molar-refractivity contribution >= 4 is 40.4 Å². The van der Waals surface area contributed by atoms with Gasteiger partial charge in [-0.05, 0) is 67.1 Å². The van der Waals surface area contributed by atoms with E-state index in [1.807, 2.05) is 32.0 Å². The van der Waals surface area contributed by atoms with E-state index in [9.17, 15) is 18.8 Å². The zero-order chi connectivity index (χ0) is 23.5. The summed E-state index contributed by atoms with van der Waals surface area (Å²) in [6.45, 7) is 4.52. The molecular formula is C25H21FN2O5. The molecule has 168 valence electrons. The van der Waals surface area contributed by atoms with Gasteiger partial charge in [0.2, 0.25) is 0 Å². The Labute approximate surface area is 189 Å². The number of urea groups is 1. The molecule has 1 aliphatic rings. The van der Waals surface area contributed by atoms with E-state index in [0.29, 0.717) is 35.7 Å². The van der Waals surface area contributed by atoms with Gasteiger partial charge in [-0.25, -0.2) is 14.1 Å². The summed E-state index contributed by atoms with van der Waals surface area (Å²) in [5, 5.41) is 3.70. The van der Waals surface area contributed by atoms with Crippen LogP contribution in [0.25, 0.3) is 16.8 Å². The van der Waals surface area contributed by atoms with E-state index in [-0.39, 0.29) is 11.3 Å². The molecular weight excluding hydrogens is 427 g/mol. The third kappa shape index (κ3) is 4.27. The Kier molecular flexibility index (Phi) is 6.08. The smallest absolute Gasteiger partial charge is 0.335 e. The number of amides is 4. The second-order valence-electron chi connectivity index (χ2n) is 7.16. The molecule has 3 aromatic rings. The van der Waals surface area contributed by atoms with Crippen molar-refractivity contribution in [1.29, 1.82) is 0 Å². The number of fused-ring (bicyclic) bond motifs is 1. The molecule has 0 spiro atoms. The maximum atomic E-state index is 13.7. The van der Waals surface area contributed by atoms with Crippen LogP contribution in [-0.4, -0.2) is 31.1 Å². The highest BCUT2D eigenvalue weighted by molar-refractivity contribution is 6.39. The Morgan fingerprint density at radius 1 is 0.970 bits per heavy atom. The molecule has 0 unspecified atom stereocenters. The van der Waals surface area contributed by atoms with Gasteiger partial charge in [0.25, 0.3) is 11.8 Å². The van der Waals surface area contributed by atoms with Gasteiger partial charge < -0.3 is 9.47 Å². The molecule has 3 aromatic carbocycles. The van der Waals surface area contributed by atoms with Crippen LogP contribution in [0.3, 0.4) is 0 Å². The minimum atomic E-state index is -0.950. The molecule has 4 amide bonds. The van der Waals surface area contributed by atoms with Crippen LogP contribution in [0.1, 0.15) is 19.4 Å². The van der Waals surface area contributed by atoms with E-state index < -0.39 is 23.7 Å². The fourth-order valence-electron chi connectivity index (χ4n) is 3.64. The highest BCUT2D eigenvalue weighted by Crippen LogP contribution is 2.34. The number of rotatable bonds is 6. The summed E-state index contributed by atoms with van der Waals surface area (Å²) in [6.07, 6.45) is 1.39. The Bertz CT molecular complexity index is 1300. The lowest BCUT2D eigenvalue weighted by Crippen LogP contribution is -2.54. The Morgan fingerprint density at radius 3 is 2.45 bits per heavy atom. The standard InChI is InChI=1S/C25H21FN2O5/c1-3-32-18-10-8-15-9-11-22(33-4-2)20(19(15)13-18)14-21-23(29)27-25(31)28(24(21)30)17-7-5-6-16(26)12-17/h5-14H,3-4H2,1-2H3,(H,27,29,31)/b21-14+. The number of anilines is 1. The van der Waals surface area contributed by atoms with E-state index in [1.54, 1.807) is 12.1 Å². The lowest BCUT2D eigenvalue weighted by atomic mass is 9.99. The van der Waals surface area contributed by atoms with Crippen molar-refractivity contribution < 1.29 is 28.2 Å². The van der Waals surface area contributed by atoms with Crippen LogP contribution in [-0.2, 0) is 9.59 Å². The van der Waals surface area contributed by atoms with Crippen LogP contribution >= 0.6 is 0 Å². The van der Waals surface area contributed by atoms with Gasteiger partial charge in [-0.2, -0.15) is 0 Å². The number of hydrogen-bond donors (Lipinski definition) is 1. The third-order valence-electron chi connectivity index (χ3n) is 5.06. The molecule has 1 fully saturated rings. The average Bonchev–Trinajstić information content (AvgIpc) is 2.78. The first-order valence-electron chi connectivity index (χ1n) is 10.4. The fraction of sp³-hybridized carbons (Fsp3) is 0.160. The molecule has 8 heteroatoms. The molecule has 0 aliphatic carbocycles. The molecule has 4 rings (SSSR count). The molecule has 0 aromatic heterocycles. The minimum absolute atomic E-state index is 0.0116. The van der Waals surface area contributed by atoms with Crippen molar-refractivity contribution in [2.75, 3.05) is 18.1 Å². The number of carbonyl (C=O) groups excluding carboxylic acids is 3. The SMILES string of the molecule is CCOc1ccc2ccc(OCC)c(/C=C3\C(=O)NC(=O)N(c4cccc(F)c4)C3=O)c2c1. The summed E-state index contributed by atoms with van der Waals surface area (Å²) < 4.78 is 25.1. The first-order chi connectivity index (χ1) is 15.9. The number of hydrogen-bond acceptors (Lipinski definition) is 5. The fourth-order valence-corrected chi connectivity index (χ4v) is 3.64. The highest BCUT2D eigenvalue weighted by atomic mass is 19.1. The van der Waals surface area contributed by atoms with Crippen molar-refractivity contribution in [3.05, 3.63) is 71.6 Å². The van der Waals surface area contributed by atoms with Crippen LogP contribution in [0.4, 0.5) is 14.9 Å². The quantitative estimate of drug-likeness (QED) is 0.445. The van der Waals surface area contributed by atoms with Gasteiger partial charge in [-0.15, -0.1) is 0 Å². The maximum absolute atomic E-state index is 13.7. The number of benzene rings is 3. The molecule has 0 bridgehead atoms. The van der Waals surface area contributed by atoms with Crippen LogP contribution in [0.5, 0.6) is 11.5 Å². The second kappa shape index (κ2) is 9.12. The summed E-state index contributed by atoms with van der Waals surface area (Å²) >= 11 is 0. The van der Waals surface area contributed by atoms with Crippen LogP contribution < -0.4 is 19.7 Å². The average molecular weight is 448 g/mol. The van der Waals surface area contributed by atoms with Crippen molar-refractivity contribution in [2.45, 2.75) is 13.8 Å². The number of carbonyl (C=O) groups is 3. The van der Waals surface area contributed by atoms with Gasteiger partial charge in [-0.3, -0.25) is 14.9 Å². The van der Waals surface area contributed by atoms with Crippen LogP contribution in [0.2, 0.25) is 0 Å². The molecule has 7 nitrogen and oxygen atoms in total. The number of halogens is 1. The molecule has 1 N–H and O–H groups in total. The second-order valence-corrected chi connectivity index (χ2v) is 7.16. The van der Waals surface area contributed by atoms with Gasteiger partial charge in [0.15, 0.2) is 0 Å². The van der Waals surface area contributed by atoms with E-state index in [2.05, 4.69) is 5.32 Å². The predicted octanol–water partition coefficient (Wildman–Crippen LogP) is 4.44. The van der Waals surface area contributed by atoms with Gasteiger partial charge in [-0.1, -0.05) is 18.2 Å². The number of ether oxygens (including phenoxy) is 2. The van der Waals surface area contributed by atoms with E-state index >= 15 is 0 Å². The van der Waals surface area contributed by atoms with Crippen molar-refractivity contribution in [2.24, 2.45) is 0 Å². The number of barbiturate groups is 1. The molecule has 0 saturated carbocycles. The Balaban J connectivity index is 1.88. The van der Waals surface area contributed by atoms with E-state index in [0.717, 1.165) is 16.4 Å². The number of nitrogens with zero attached hydrogens (tertiary/aromatic N) is 1. The monoisotopic (exact) mass is 448 g/mol. The van der Waals surface area contributed by atoms with Crippen molar-refractivity contribution in [1.82, 2.24) is 5.32 Å². The summed E-state index contributed by atoms with van der Waals surface area (Å²) in [5.74, 6) is -1.25. The van der Waals surface area contributed by atoms with Crippen LogP contribution in [0, 0.1) is 5.82 Å². The predicted molar refractivity (Wildman–Crippen MR) is 122 cm³/mol. The summed E-state index contributed by atoms with van der Waals surface area (Å²) in [5.41, 5.74) is 0.217. The molecule has 33 heavy (non-hydrogen) atoms. The molecule has 0 radical (unpaired) electrons. The normalized spacial score (nSPS) is 15.2. The zero-order valence-electron chi connectivity index (χ0n) is 18.1. The number of imide groups is 2. The molecule has 1 saturated heterocycles. The largest absolute Gasteiger partial charge is 0.494 e. The molecule has 0 atom stereocenters. The van der Waals surface area contributed by atoms with E-state index in [4.69, 9.17) is 9.47 Å². The first kappa shape index (κ1) is 22.0. The highest BCUT2D eigenvalue weighted by Gasteiger charge is 2.37. The number of nitrogens with one attached hydrogen (secondary N) is 1. The third-order valence-corrected chi connectivity index (χ3v) is 5.06. The van der Waals surface area contributed by atoms with Gasteiger partial charge >= 0.3 is 6.03 Å². The van der Waals surface area contributed by atoms with E-state index in [1.165, 1.54) is 24.3 Å².